The Morgan fingerprint density at radius 1 is 1.47 bits per heavy atom. The smallest absolute Gasteiger partial charge is 0.208 e. The molecule has 1 N–H and O–H groups in total. The quantitative estimate of drug-likeness (QED) is 0.743. The van der Waals surface area contributed by atoms with Crippen molar-refractivity contribution in [2.24, 2.45) is 0 Å². The predicted octanol–water partition coefficient (Wildman–Crippen LogP) is 2.37. The Hall–Kier alpha value is -0.840. The van der Waals surface area contributed by atoms with Gasteiger partial charge in [-0.1, -0.05) is 30.0 Å². The van der Waals surface area contributed by atoms with Gasteiger partial charge in [0.25, 0.3) is 0 Å². The van der Waals surface area contributed by atoms with Crippen molar-refractivity contribution in [3.8, 4) is 6.07 Å². The molecule has 0 radical (unpaired) electrons. The molecular formula is C12H21N5S2. The van der Waals surface area contributed by atoms with E-state index in [4.69, 9.17) is 0 Å². The molecule has 1 aromatic rings. The Kier molecular flexibility index (Phi) is 6.55. The lowest BCUT2D eigenvalue weighted by Crippen LogP contribution is -2.41. The summed E-state index contributed by atoms with van der Waals surface area (Å²) in [5.41, 5.74) is -0.446. The zero-order valence-electron chi connectivity index (χ0n) is 11.9. The van der Waals surface area contributed by atoms with E-state index in [2.05, 4.69) is 28.5 Å². The van der Waals surface area contributed by atoms with Gasteiger partial charge in [0.2, 0.25) is 5.13 Å². The molecule has 0 aliphatic carbocycles. The van der Waals surface area contributed by atoms with Gasteiger partial charge in [-0.25, -0.2) is 0 Å². The van der Waals surface area contributed by atoms with Crippen molar-refractivity contribution >= 4 is 28.2 Å². The number of thioether (sulfide) groups is 1. The minimum absolute atomic E-state index is 0.446. The fourth-order valence-corrected chi connectivity index (χ4v) is 3.36. The van der Waals surface area contributed by atoms with Gasteiger partial charge >= 0.3 is 0 Å². The Morgan fingerprint density at radius 2 is 2.21 bits per heavy atom. The van der Waals surface area contributed by atoms with Crippen molar-refractivity contribution in [3.63, 3.8) is 0 Å². The van der Waals surface area contributed by atoms with E-state index in [0.717, 1.165) is 34.6 Å². The molecule has 0 aliphatic rings. The molecule has 0 saturated carbocycles. The highest BCUT2D eigenvalue weighted by Gasteiger charge is 2.22. The van der Waals surface area contributed by atoms with Crippen LogP contribution < -0.4 is 10.2 Å². The van der Waals surface area contributed by atoms with E-state index in [1.54, 1.807) is 23.1 Å². The first-order valence-corrected chi connectivity index (χ1v) is 8.11. The van der Waals surface area contributed by atoms with Gasteiger partial charge in [0, 0.05) is 19.8 Å². The fourth-order valence-electron chi connectivity index (χ4n) is 1.37. The van der Waals surface area contributed by atoms with Crippen molar-refractivity contribution in [1.29, 1.82) is 5.26 Å². The summed E-state index contributed by atoms with van der Waals surface area (Å²) in [6.07, 6.45) is 1.83. The van der Waals surface area contributed by atoms with Crippen LogP contribution in [0.25, 0.3) is 0 Å². The maximum absolute atomic E-state index is 9.23. The number of hydrogen-bond acceptors (Lipinski definition) is 7. The van der Waals surface area contributed by atoms with Crippen molar-refractivity contribution in [1.82, 2.24) is 15.5 Å². The van der Waals surface area contributed by atoms with Crippen LogP contribution in [0.4, 0.5) is 5.13 Å². The second-order valence-corrected chi connectivity index (χ2v) is 7.01. The van der Waals surface area contributed by atoms with Crippen molar-refractivity contribution in [2.45, 2.75) is 36.6 Å². The van der Waals surface area contributed by atoms with Crippen molar-refractivity contribution < 1.29 is 0 Å². The Labute approximate surface area is 123 Å². The van der Waals surface area contributed by atoms with Gasteiger partial charge in [0.05, 0.1) is 6.07 Å². The zero-order valence-corrected chi connectivity index (χ0v) is 13.6. The van der Waals surface area contributed by atoms with Crippen LogP contribution in [-0.4, -0.2) is 42.1 Å². The second kappa shape index (κ2) is 7.68. The molecule has 0 aromatic carbocycles. The summed E-state index contributed by atoms with van der Waals surface area (Å²) in [7, 11) is 3.91. The number of nitrogens with one attached hydrogen (secondary N) is 1. The number of aromatic nitrogens is 2. The summed E-state index contributed by atoms with van der Waals surface area (Å²) in [5.74, 6) is 0.864. The van der Waals surface area contributed by atoms with E-state index in [9.17, 15) is 5.26 Å². The largest absolute Gasteiger partial charge is 0.353 e. The lowest BCUT2D eigenvalue weighted by atomic mass is 10.0. The Bertz CT molecular complexity index is 426. The summed E-state index contributed by atoms with van der Waals surface area (Å²) in [4.78, 5) is 1.95. The van der Waals surface area contributed by atoms with E-state index >= 15 is 0 Å². The highest BCUT2D eigenvalue weighted by molar-refractivity contribution is 8.01. The Balaban J connectivity index is 2.41. The SMILES string of the molecule is CCCNC(C)(C#N)CCSc1nnc(N(C)C)s1. The predicted molar refractivity (Wildman–Crippen MR) is 81.9 cm³/mol. The lowest BCUT2D eigenvalue weighted by molar-refractivity contribution is 0.437. The van der Waals surface area contributed by atoms with E-state index in [1.807, 2.05) is 25.9 Å². The lowest BCUT2D eigenvalue weighted by Gasteiger charge is -2.22. The first-order chi connectivity index (χ1) is 9.00. The van der Waals surface area contributed by atoms with Gasteiger partial charge in [-0.3, -0.25) is 5.32 Å². The van der Waals surface area contributed by atoms with Crippen LogP contribution in [-0.2, 0) is 0 Å². The minimum Gasteiger partial charge on any atom is -0.353 e. The van der Waals surface area contributed by atoms with Gasteiger partial charge in [-0.2, -0.15) is 5.26 Å². The molecule has 1 heterocycles. The highest BCUT2D eigenvalue weighted by Crippen LogP contribution is 2.28. The highest BCUT2D eigenvalue weighted by atomic mass is 32.2. The van der Waals surface area contributed by atoms with Gasteiger partial charge in [0.15, 0.2) is 4.34 Å². The van der Waals surface area contributed by atoms with E-state index in [1.165, 1.54) is 0 Å². The third-order valence-electron chi connectivity index (χ3n) is 2.62. The zero-order chi connectivity index (χ0) is 14.3. The second-order valence-electron chi connectivity index (χ2n) is 4.71. The summed E-state index contributed by atoms with van der Waals surface area (Å²) >= 11 is 3.24. The first kappa shape index (κ1) is 16.2. The monoisotopic (exact) mass is 299 g/mol. The maximum atomic E-state index is 9.23. The minimum atomic E-state index is -0.446. The molecule has 0 spiro atoms. The molecule has 106 valence electrons. The van der Waals surface area contributed by atoms with E-state index in [-0.39, 0.29) is 0 Å². The molecule has 7 heteroatoms. The van der Waals surface area contributed by atoms with Gasteiger partial charge in [0.1, 0.15) is 5.54 Å². The standard InChI is InChI=1S/C12H21N5S2/c1-5-7-14-12(2,9-13)6-8-18-11-16-15-10(19-11)17(3)4/h14H,5-8H2,1-4H3. The van der Waals surface area contributed by atoms with Crippen molar-refractivity contribution in [3.05, 3.63) is 0 Å². The van der Waals surface area contributed by atoms with Crippen LogP contribution in [0, 0.1) is 11.3 Å². The van der Waals surface area contributed by atoms with Gasteiger partial charge in [-0.15, -0.1) is 10.2 Å². The van der Waals surface area contributed by atoms with Crippen LogP contribution >= 0.6 is 23.1 Å². The van der Waals surface area contributed by atoms with Crippen LogP contribution in [0.5, 0.6) is 0 Å². The normalized spacial score (nSPS) is 13.8. The molecule has 1 atom stereocenters. The molecule has 1 aromatic heterocycles. The van der Waals surface area contributed by atoms with Crippen LogP contribution in [0.3, 0.4) is 0 Å². The third-order valence-corrected chi connectivity index (χ3v) is 4.84. The molecule has 0 amide bonds. The topological polar surface area (TPSA) is 64.8 Å². The number of hydrogen-bond donors (Lipinski definition) is 1. The molecule has 19 heavy (non-hydrogen) atoms. The first-order valence-electron chi connectivity index (χ1n) is 6.30. The molecular weight excluding hydrogens is 278 g/mol. The molecule has 1 rings (SSSR count). The van der Waals surface area contributed by atoms with Crippen LogP contribution in [0.2, 0.25) is 0 Å². The number of rotatable bonds is 8. The van der Waals surface area contributed by atoms with Crippen LogP contribution in [0.15, 0.2) is 4.34 Å². The van der Waals surface area contributed by atoms with E-state index < -0.39 is 5.54 Å². The van der Waals surface area contributed by atoms with Crippen molar-refractivity contribution in [2.75, 3.05) is 31.3 Å². The third kappa shape index (κ3) is 5.35. The summed E-state index contributed by atoms with van der Waals surface area (Å²) in [6, 6.07) is 2.36. The molecule has 5 nitrogen and oxygen atoms in total. The molecule has 0 saturated heterocycles. The average molecular weight is 299 g/mol. The number of anilines is 1. The summed E-state index contributed by atoms with van der Waals surface area (Å²) in [6.45, 7) is 4.93. The number of nitrogens with zero attached hydrogens (tertiary/aromatic N) is 4. The Morgan fingerprint density at radius 3 is 2.74 bits per heavy atom. The summed E-state index contributed by atoms with van der Waals surface area (Å²) < 4.78 is 0.958. The van der Waals surface area contributed by atoms with E-state index in [0.29, 0.717) is 0 Å². The molecule has 0 bridgehead atoms. The molecule has 1 unspecified atom stereocenters. The molecule has 0 fully saturated rings. The average Bonchev–Trinajstić information content (AvgIpc) is 2.85. The fraction of sp³-hybridized carbons (Fsp3) is 0.750. The van der Waals surface area contributed by atoms with Gasteiger partial charge < -0.3 is 4.90 Å². The number of nitriles is 1. The molecule has 0 aliphatic heterocycles. The summed E-state index contributed by atoms with van der Waals surface area (Å²) in [5, 5.41) is 21.7. The maximum Gasteiger partial charge on any atom is 0.208 e. The van der Waals surface area contributed by atoms with Crippen LogP contribution in [0.1, 0.15) is 26.7 Å². The van der Waals surface area contributed by atoms with Gasteiger partial charge in [-0.05, 0) is 26.3 Å².